The number of amides is 1. The molecule has 1 aliphatic rings. The molecule has 1 aliphatic carbocycles. The molecule has 0 spiro atoms. The highest BCUT2D eigenvalue weighted by molar-refractivity contribution is 5.98. The summed E-state index contributed by atoms with van der Waals surface area (Å²) < 4.78 is 2.04. The average Bonchev–Trinajstić information content (AvgIpc) is 3.82. The molecule has 1 heterocycles. The van der Waals surface area contributed by atoms with Crippen LogP contribution >= 0.6 is 0 Å². The lowest BCUT2D eigenvalue weighted by molar-refractivity contribution is -0.191. The van der Waals surface area contributed by atoms with Crippen molar-refractivity contribution in [2.24, 2.45) is 0 Å². The topological polar surface area (TPSA) is 81.1 Å². The molecule has 1 aromatic heterocycles. The Morgan fingerprint density at radius 2 is 1.66 bits per heavy atom. The predicted molar refractivity (Wildman–Crippen MR) is 173 cm³/mol. The fourth-order valence-corrected chi connectivity index (χ4v) is 5.82. The first-order chi connectivity index (χ1) is 21.1. The molecule has 1 N–H and O–H groups in total. The van der Waals surface area contributed by atoms with Crippen LogP contribution in [0.1, 0.15) is 90.8 Å². The number of fused-ring (bicyclic) bond motifs is 1. The van der Waals surface area contributed by atoms with Gasteiger partial charge in [0.25, 0.3) is 5.91 Å². The van der Waals surface area contributed by atoms with Crippen LogP contribution in [0.4, 0.5) is 0 Å². The molecular formula is C38H39N3O3. The van der Waals surface area contributed by atoms with E-state index < -0.39 is 0 Å². The first-order valence-corrected chi connectivity index (χ1v) is 15.1. The van der Waals surface area contributed by atoms with Gasteiger partial charge < -0.3 is 5.32 Å². The number of rotatable bonds is 7. The summed E-state index contributed by atoms with van der Waals surface area (Å²) in [5.74, 6) is 0.636. The minimum atomic E-state index is -0.0606. The third-order valence-electron chi connectivity index (χ3n) is 8.34. The summed E-state index contributed by atoms with van der Waals surface area (Å²) in [7, 11) is 0. The monoisotopic (exact) mass is 585 g/mol. The standard InChI is InChI=1S/C37H39N3O.CO2/c1-24(29-9-8-10-30(21-29)27-17-18-27)38-36(41)31-19-20-35-33(22-31)25(2)39-40(35)23-26-13-15-28(16-14-26)32-11-6-7-12-34(32)37(3,4)5;2-1-3/h6-16,19-22,24,27H,17-18,23H2,1-5H3,(H,38,41);/t24-;/m0./s1. The van der Waals surface area contributed by atoms with Crippen molar-refractivity contribution in [3.8, 4) is 11.1 Å². The molecular weight excluding hydrogens is 546 g/mol. The van der Waals surface area contributed by atoms with Crippen molar-refractivity contribution in [3.05, 3.63) is 125 Å². The van der Waals surface area contributed by atoms with E-state index in [4.69, 9.17) is 14.7 Å². The summed E-state index contributed by atoms with van der Waals surface area (Å²) >= 11 is 0. The smallest absolute Gasteiger partial charge is 0.346 e. The summed E-state index contributed by atoms with van der Waals surface area (Å²) in [4.78, 5) is 29.5. The molecule has 4 aromatic carbocycles. The van der Waals surface area contributed by atoms with E-state index in [1.165, 1.54) is 40.7 Å². The van der Waals surface area contributed by atoms with Crippen molar-refractivity contribution >= 4 is 23.0 Å². The van der Waals surface area contributed by atoms with Crippen molar-refractivity contribution in [1.82, 2.24) is 15.1 Å². The highest BCUT2D eigenvalue weighted by Gasteiger charge is 2.24. The van der Waals surface area contributed by atoms with Crippen molar-refractivity contribution in [2.45, 2.75) is 71.4 Å². The van der Waals surface area contributed by atoms with Crippen LogP contribution in [0.3, 0.4) is 0 Å². The number of nitrogens with zero attached hydrogens (tertiary/aromatic N) is 2. The van der Waals surface area contributed by atoms with E-state index >= 15 is 0 Å². The molecule has 0 aliphatic heterocycles. The van der Waals surface area contributed by atoms with Crippen LogP contribution in [0.25, 0.3) is 22.0 Å². The third kappa shape index (κ3) is 6.88. The van der Waals surface area contributed by atoms with Crippen LogP contribution in [0.5, 0.6) is 0 Å². The summed E-state index contributed by atoms with van der Waals surface area (Å²) in [6, 6.07) is 32.0. The number of benzene rings is 4. The van der Waals surface area contributed by atoms with E-state index in [9.17, 15) is 4.79 Å². The van der Waals surface area contributed by atoms with Crippen LogP contribution in [0.15, 0.2) is 91.0 Å². The maximum atomic E-state index is 13.2. The molecule has 1 atom stereocenters. The Labute approximate surface area is 259 Å². The first kappa shape index (κ1) is 30.7. The number of nitrogens with one attached hydrogen (secondary N) is 1. The summed E-state index contributed by atoms with van der Waals surface area (Å²) in [5.41, 5.74) is 10.3. The Balaban J connectivity index is 0.00000123. The second kappa shape index (κ2) is 12.8. The van der Waals surface area contributed by atoms with Gasteiger partial charge in [-0.2, -0.15) is 14.7 Å². The van der Waals surface area contributed by atoms with Crippen molar-refractivity contribution in [2.75, 3.05) is 0 Å². The fraction of sp³-hybridized carbons (Fsp3) is 0.289. The van der Waals surface area contributed by atoms with Gasteiger partial charge in [-0.3, -0.25) is 9.48 Å². The Kier molecular flexibility index (Phi) is 8.93. The molecule has 0 bridgehead atoms. The third-order valence-corrected chi connectivity index (χ3v) is 8.34. The molecule has 5 aromatic rings. The fourth-order valence-electron chi connectivity index (χ4n) is 5.82. The lowest BCUT2D eigenvalue weighted by Crippen LogP contribution is -2.26. The van der Waals surface area contributed by atoms with E-state index in [2.05, 4.69) is 106 Å². The van der Waals surface area contributed by atoms with Crippen molar-refractivity contribution < 1.29 is 14.4 Å². The van der Waals surface area contributed by atoms with Gasteiger partial charge in [0, 0.05) is 10.9 Å². The van der Waals surface area contributed by atoms with E-state index in [1.54, 1.807) is 0 Å². The second-order valence-electron chi connectivity index (χ2n) is 12.7. The number of hydrogen-bond acceptors (Lipinski definition) is 4. The molecule has 44 heavy (non-hydrogen) atoms. The number of hydrogen-bond donors (Lipinski definition) is 1. The van der Waals surface area contributed by atoms with Crippen molar-refractivity contribution in [1.29, 1.82) is 0 Å². The van der Waals surface area contributed by atoms with Gasteiger partial charge in [0.1, 0.15) is 0 Å². The van der Waals surface area contributed by atoms with E-state index in [0.29, 0.717) is 18.0 Å². The molecule has 1 saturated carbocycles. The molecule has 6 heteroatoms. The molecule has 224 valence electrons. The van der Waals surface area contributed by atoms with Gasteiger partial charge in [-0.1, -0.05) is 93.6 Å². The van der Waals surface area contributed by atoms with Gasteiger partial charge in [0.15, 0.2) is 0 Å². The van der Waals surface area contributed by atoms with Crippen LogP contribution < -0.4 is 5.32 Å². The molecule has 1 amide bonds. The van der Waals surface area contributed by atoms with E-state index in [-0.39, 0.29) is 23.5 Å². The van der Waals surface area contributed by atoms with Crippen LogP contribution in [-0.2, 0) is 21.5 Å². The number of carbonyl (C=O) groups excluding carboxylic acids is 3. The lowest BCUT2D eigenvalue weighted by atomic mass is 9.82. The maximum Gasteiger partial charge on any atom is 0.373 e. The molecule has 6 nitrogen and oxygen atoms in total. The van der Waals surface area contributed by atoms with Gasteiger partial charge in [-0.25, -0.2) is 0 Å². The lowest BCUT2D eigenvalue weighted by Gasteiger charge is -2.23. The van der Waals surface area contributed by atoms with Crippen LogP contribution in [-0.4, -0.2) is 21.8 Å². The SMILES string of the molecule is Cc1nn(Cc2ccc(-c3ccccc3C(C)(C)C)cc2)c2ccc(C(=O)N[C@@H](C)c3cccc(C4CC4)c3)cc12.O=C=O. The molecule has 0 radical (unpaired) electrons. The average molecular weight is 586 g/mol. The Hall–Kier alpha value is -4.80. The zero-order chi connectivity index (χ0) is 31.4. The molecule has 0 saturated heterocycles. The minimum Gasteiger partial charge on any atom is -0.346 e. The van der Waals surface area contributed by atoms with Gasteiger partial charge in [-0.05, 0) is 89.6 Å². The molecule has 1 fully saturated rings. The first-order valence-electron chi connectivity index (χ1n) is 15.1. The number of aromatic nitrogens is 2. The van der Waals surface area contributed by atoms with Crippen LogP contribution in [0.2, 0.25) is 0 Å². The maximum absolute atomic E-state index is 13.2. The van der Waals surface area contributed by atoms with E-state index in [1.807, 2.05) is 29.8 Å². The Bertz CT molecular complexity index is 1820. The second-order valence-corrected chi connectivity index (χ2v) is 12.7. The summed E-state index contributed by atoms with van der Waals surface area (Å²) in [5, 5.41) is 9.04. The highest BCUT2D eigenvalue weighted by atomic mass is 16.2. The number of carbonyl (C=O) groups is 1. The molecule has 0 unspecified atom stereocenters. The van der Waals surface area contributed by atoms with Gasteiger partial charge >= 0.3 is 6.15 Å². The van der Waals surface area contributed by atoms with Gasteiger partial charge in [-0.15, -0.1) is 0 Å². The quantitative estimate of drug-likeness (QED) is 0.209. The van der Waals surface area contributed by atoms with Crippen molar-refractivity contribution in [3.63, 3.8) is 0 Å². The Morgan fingerprint density at radius 1 is 0.955 bits per heavy atom. The minimum absolute atomic E-state index is 0.0564. The zero-order valence-corrected chi connectivity index (χ0v) is 26.1. The normalized spacial score (nSPS) is 13.5. The van der Waals surface area contributed by atoms with Gasteiger partial charge in [0.2, 0.25) is 0 Å². The Morgan fingerprint density at radius 3 is 2.34 bits per heavy atom. The van der Waals surface area contributed by atoms with Gasteiger partial charge in [0.05, 0.1) is 23.8 Å². The number of aryl methyl sites for hydroxylation is 1. The van der Waals surface area contributed by atoms with E-state index in [0.717, 1.165) is 22.2 Å². The highest BCUT2D eigenvalue weighted by Crippen LogP contribution is 2.40. The largest absolute Gasteiger partial charge is 0.373 e. The zero-order valence-electron chi connectivity index (χ0n) is 26.1. The predicted octanol–water partition coefficient (Wildman–Crippen LogP) is 8.14. The van der Waals surface area contributed by atoms with Crippen LogP contribution in [0, 0.1) is 6.92 Å². The molecule has 6 rings (SSSR count). The summed E-state index contributed by atoms with van der Waals surface area (Å²) in [6.45, 7) is 11.5. The summed E-state index contributed by atoms with van der Waals surface area (Å²) in [6.07, 6.45) is 2.79.